The Morgan fingerprint density at radius 2 is 2.00 bits per heavy atom. The van der Waals surface area contributed by atoms with Crippen molar-refractivity contribution in [1.82, 2.24) is 0 Å². The van der Waals surface area contributed by atoms with Crippen molar-refractivity contribution in [2.24, 2.45) is 0 Å². The minimum Gasteiger partial charge on any atom is -0.273 e. The molecule has 0 N–H and O–H groups in total. The van der Waals surface area contributed by atoms with Crippen molar-refractivity contribution in [2.45, 2.75) is 13.3 Å². The van der Waals surface area contributed by atoms with Crippen LogP contribution in [0.25, 0.3) is 0 Å². The van der Waals surface area contributed by atoms with Gasteiger partial charge in [0.25, 0.3) is 10.1 Å². The van der Waals surface area contributed by atoms with Crippen LogP contribution in [0.4, 0.5) is 0 Å². The van der Waals surface area contributed by atoms with Crippen molar-refractivity contribution in [2.75, 3.05) is 12.9 Å². The van der Waals surface area contributed by atoms with Gasteiger partial charge in [0.05, 0.1) is 12.9 Å². The molecule has 0 aliphatic rings. The summed E-state index contributed by atoms with van der Waals surface area (Å²) in [4.78, 5) is 10.2. The van der Waals surface area contributed by atoms with Crippen LogP contribution in [0.2, 0.25) is 0 Å². The summed E-state index contributed by atoms with van der Waals surface area (Å²) < 4.78 is 29.9. The third-order valence-corrected chi connectivity index (χ3v) is 2.77. The van der Waals surface area contributed by atoms with E-state index in [-0.39, 0.29) is 5.75 Å². The average molecular weight is 258 g/mol. The van der Waals surface area contributed by atoms with E-state index in [1.165, 1.54) is 7.11 Å². The molecule has 5 nitrogen and oxygen atoms in total. The molecule has 0 aromatic heterocycles. The van der Waals surface area contributed by atoms with E-state index in [2.05, 4.69) is 22.1 Å². The van der Waals surface area contributed by atoms with Gasteiger partial charge in [-0.1, -0.05) is 6.92 Å². The number of esters is 1. The Morgan fingerprint density at radius 1 is 1.50 bits per heavy atom. The first-order valence-corrected chi connectivity index (χ1v) is 7.14. The molecule has 0 aromatic carbocycles. The number of ether oxygens (including phenoxy) is 1. The number of hydrogen-bond donors (Lipinski definition) is 0. The number of carbonyl (C=O) groups excluding carboxylic acids is 1. The van der Waals surface area contributed by atoms with Crippen molar-refractivity contribution in [1.29, 1.82) is 0 Å². The molecule has 0 aliphatic carbocycles. The van der Waals surface area contributed by atoms with Gasteiger partial charge in [0, 0.05) is 0 Å². The third-order valence-electron chi connectivity index (χ3n) is 1.15. The Labute approximate surface area is 114 Å². The van der Waals surface area contributed by atoms with Crippen LogP contribution in [0.1, 0.15) is 13.3 Å². The smallest absolute Gasteiger partial charge is 0.267 e. The van der Waals surface area contributed by atoms with Gasteiger partial charge in [0.2, 0.25) is 0 Å². The summed E-state index contributed by atoms with van der Waals surface area (Å²) in [6, 6.07) is 0. The van der Waals surface area contributed by atoms with E-state index in [4.69, 9.17) is 0 Å². The second-order valence-electron chi connectivity index (χ2n) is 2.76. The fraction of sp³-hybridized carbons (Fsp3) is 0.444. The number of rotatable bonds is 5. The summed E-state index contributed by atoms with van der Waals surface area (Å²) in [5.74, 6) is -0.311. The van der Waals surface area contributed by atoms with Crippen LogP contribution in [0, 0.1) is 0 Å². The zero-order chi connectivity index (χ0) is 13.2. The Morgan fingerprint density at radius 3 is 2.12 bits per heavy atom. The molecular weight excluding hydrogens is 243 g/mol. The summed E-state index contributed by atoms with van der Waals surface area (Å²) in [7, 11) is -2.00. The first-order chi connectivity index (χ1) is 7.29. The van der Waals surface area contributed by atoms with Crippen LogP contribution in [0.5, 0.6) is 0 Å². The van der Waals surface area contributed by atoms with Crippen LogP contribution in [0.3, 0.4) is 0 Å². The monoisotopic (exact) mass is 258 g/mol. The van der Waals surface area contributed by atoms with Gasteiger partial charge in [-0.15, -0.1) is 0 Å². The Kier molecular flexibility index (Phi) is 11.4. The summed E-state index contributed by atoms with van der Waals surface area (Å²) in [5, 5.41) is 0. The van der Waals surface area contributed by atoms with Gasteiger partial charge < -0.3 is 0 Å². The van der Waals surface area contributed by atoms with Crippen LogP contribution in [-0.4, -0.2) is 55.2 Å². The van der Waals surface area contributed by atoms with E-state index in [0.29, 0.717) is 37.4 Å². The number of hydrogen-bond acceptors (Lipinski definition) is 5. The van der Waals surface area contributed by atoms with E-state index in [1.54, 1.807) is 6.92 Å². The van der Waals surface area contributed by atoms with Gasteiger partial charge in [-0.3, -0.25) is 4.18 Å². The minimum absolute atomic E-state index is 0.115. The third kappa shape index (κ3) is 13.9. The van der Waals surface area contributed by atoms with Crippen molar-refractivity contribution in [3.8, 4) is 0 Å². The van der Waals surface area contributed by atoms with E-state index in [9.17, 15) is 13.2 Å². The molecule has 0 heterocycles. The molecule has 16 heavy (non-hydrogen) atoms. The molecule has 0 saturated carbocycles. The quantitative estimate of drug-likeness (QED) is 0.239. The van der Waals surface area contributed by atoms with Crippen LogP contribution in [0.15, 0.2) is 22.2 Å². The van der Waals surface area contributed by atoms with Crippen molar-refractivity contribution in [3.05, 3.63) is 22.2 Å². The molecule has 0 unspecified atom stereocenters. The zero-order valence-corrected chi connectivity index (χ0v) is 12.7. The Balaban J connectivity index is 0. The van der Waals surface area contributed by atoms with Crippen molar-refractivity contribution < 1.29 is 22.1 Å². The molecule has 0 radical (unpaired) electrons. The SMILES string of the molecule is C=CC(=O)O[C](=C)[Na].CCCS(=O)(=O)OC. The van der Waals surface area contributed by atoms with E-state index in [0.717, 1.165) is 6.08 Å². The molecule has 0 aliphatic heterocycles. The first kappa shape index (κ1) is 18.2. The van der Waals surface area contributed by atoms with E-state index < -0.39 is 16.1 Å². The maximum atomic E-state index is 10.4. The molecule has 7 heteroatoms. The number of carbonyl (C=O) groups is 1. The van der Waals surface area contributed by atoms with E-state index in [1.807, 2.05) is 0 Å². The minimum atomic E-state index is -3.17. The fourth-order valence-corrected chi connectivity index (χ4v) is 1.41. The van der Waals surface area contributed by atoms with Gasteiger partial charge in [-0.2, -0.15) is 8.42 Å². The molecule has 0 saturated heterocycles. The van der Waals surface area contributed by atoms with Crippen molar-refractivity contribution in [3.63, 3.8) is 0 Å². The summed E-state index contributed by atoms with van der Waals surface area (Å²) in [6.45, 7) is 8.42. The molecule has 0 atom stereocenters. The molecule has 0 bridgehead atoms. The van der Waals surface area contributed by atoms with Gasteiger partial charge in [-0.05, 0) is 6.42 Å². The topological polar surface area (TPSA) is 69.7 Å². The zero-order valence-electron chi connectivity index (χ0n) is 9.86. The Hall–Kier alpha value is -0.140. The van der Waals surface area contributed by atoms with Gasteiger partial charge in [-0.25, -0.2) is 0 Å². The molecule has 0 rings (SSSR count). The molecule has 0 aromatic rings. The van der Waals surface area contributed by atoms with Crippen LogP contribution in [-0.2, 0) is 23.8 Å². The standard InChI is InChI=1S/C5H5O2.C4H10O3S.Na/c1-3-5(6)7-4-2;1-3-4-8(5,6)7-2;/h3H,1-2H2;3-4H2,1-2H3;. The summed E-state index contributed by atoms with van der Waals surface area (Å²) in [6.07, 6.45) is 1.72. The fourth-order valence-electron chi connectivity index (χ4n) is 0.547. The molecule has 88 valence electrons. The van der Waals surface area contributed by atoms with Crippen LogP contribution >= 0.6 is 0 Å². The Bertz CT molecular complexity index is 334. The van der Waals surface area contributed by atoms with Gasteiger partial charge in [0.15, 0.2) is 0 Å². The largest absolute Gasteiger partial charge is 0.273 e. The summed E-state index contributed by atoms with van der Waals surface area (Å²) in [5.41, 5.74) is 0. The summed E-state index contributed by atoms with van der Waals surface area (Å²) >= 11 is 0.686. The molecular formula is C9H15NaO5S. The van der Waals surface area contributed by atoms with Crippen molar-refractivity contribution >= 4 is 44.0 Å². The predicted octanol–water partition coefficient (Wildman–Crippen LogP) is 0.728. The predicted molar refractivity (Wildman–Crippen MR) is 62.3 cm³/mol. The van der Waals surface area contributed by atoms with Gasteiger partial charge in [0.1, 0.15) is 0 Å². The van der Waals surface area contributed by atoms with Crippen LogP contribution < -0.4 is 0 Å². The molecule has 0 amide bonds. The maximum absolute atomic E-state index is 10.4. The second kappa shape index (κ2) is 10.0. The molecule has 0 fully saturated rings. The molecule has 0 spiro atoms. The maximum Gasteiger partial charge on any atom is 0.267 e. The average Bonchev–Trinajstić information content (AvgIpc) is 2.17. The van der Waals surface area contributed by atoms with E-state index >= 15 is 0 Å². The van der Waals surface area contributed by atoms with Gasteiger partial charge >= 0.3 is 65.7 Å². The normalized spacial score (nSPS) is 9.75. The second-order valence-corrected chi connectivity index (χ2v) is 5.73. The first-order valence-electron chi connectivity index (χ1n) is 4.57.